The lowest BCUT2D eigenvalue weighted by atomic mass is 10.1. The zero-order valence-corrected chi connectivity index (χ0v) is 16.3. The first kappa shape index (κ1) is 18.1. The maximum atomic E-state index is 12.8. The van der Waals surface area contributed by atoms with Gasteiger partial charge in [-0.15, -0.1) is 0 Å². The molecule has 0 aliphatic rings. The van der Waals surface area contributed by atoms with Gasteiger partial charge in [-0.2, -0.15) is 5.10 Å². The fourth-order valence-electron chi connectivity index (χ4n) is 2.65. The third kappa shape index (κ3) is 3.62. The van der Waals surface area contributed by atoms with Crippen molar-refractivity contribution >= 4 is 21.8 Å². The van der Waals surface area contributed by atoms with Crippen LogP contribution in [0.15, 0.2) is 59.6 Å². The number of aromatic nitrogens is 3. The zero-order chi connectivity index (χ0) is 18.7. The maximum absolute atomic E-state index is 12.8. The molecule has 0 saturated heterocycles. The van der Waals surface area contributed by atoms with Crippen molar-refractivity contribution in [3.63, 3.8) is 0 Å². The van der Waals surface area contributed by atoms with Crippen molar-refractivity contribution in [1.82, 2.24) is 19.7 Å². The summed E-state index contributed by atoms with van der Waals surface area (Å²) in [7, 11) is 3.40. The predicted octanol–water partition coefficient (Wildman–Crippen LogP) is 3.87. The maximum Gasteiger partial charge on any atom is 0.254 e. The lowest BCUT2D eigenvalue weighted by molar-refractivity contribution is 0.0742. The van der Waals surface area contributed by atoms with E-state index in [1.54, 1.807) is 48.3 Å². The van der Waals surface area contributed by atoms with E-state index in [1.807, 2.05) is 31.2 Å². The van der Waals surface area contributed by atoms with Crippen LogP contribution in [-0.2, 0) is 0 Å². The number of benzene rings is 2. The molecule has 0 aliphatic heterocycles. The van der Waals surface area contributed by atoms with Crippen LogP contribution < -0.4 is 4.74 Å². The highest BCUT2D eigenvalue weighted by atomic mass is 79.9. The molecule has 0 fully saturated rings. The molecule has 0 N–H and O–H groups in total. The van der Waals surface area contributed by atoms with Crippen LogP contribution in [0.25, 0.3) is 5.69 Å². The number of hydrogen-bond donors (Lipinski definition) is 0. The van der Waals surface area contributed by atoms with Crippen LogP contribution >= 0.6 is 15.9 Å². The number of ether oxygens (including phenoxy) is 1. The second kappa shape index (κ2) is 7.70. The number of amides is 1. The molecule has 0 spiro atoms. The average molecular weight is 415 g/mol. The van der Waals surface area contributed by atoms with Gasteiger partial charge in [0.05, 0.1) is 23.3 Å². The van der Waals surface area contributed by atoms with Gasteiger partial charge in [0.15, 0.2) is 0 Å². The van der Waals surface area contributed by atoms with Gasteiger partial charge in [0.1, 0.15) is 18.4 Å². The Bertz CT molecular complexity index is 894. The fourth-order valence-corrected chi connectivity index (χ4v) is 3.19. The van der Waals surface area contributed by atoms with E-state index < -0.39 is 0 Å². The van der Waals surface area contributed by atoms with Crippen molar-refractivity contribution in [2.24, 2.45) is 0 Å². The van der Waals surface area contributed by atoms with E-state index in [1.165, 1.54) is 6.33 Å². The highest BCUT2D eigenvalue weighted by Crippen LogP contribution is 2.27. The van der Waals surface area contributed by atoms with Crippen molar-refractivity contribution in [1.29, 1.82) is 0 Å². The Morgan fingerprint density at radius 3 is 2.54 bits per heavy atom. The van der Waals surface area contributed by atoms with Crippen LogP contribution in [0.5, 0.6) is 5.75 Å². The summed E-state index contributed by atoms with van der Waals surface area (Å²) in [5.74, 6) is 0.641. The smallest absolute Gasteiger partial charge is 0.254 e. The standard InChI is InChI=1S/C19H19BrN4O2/c1-13(14-4-7-16(8-5-14)24-12-21-11-22-24)23(2)19(25)15-6-9-18(26-3)17(20)10-15/h4-13H,1-3H3/t13-/m1/s1. The first-order valence-corrected chi connectivity index (χ1v) is 8.86. The molecule has 1 atom stereocenters. The number of hydrogen-bond acceptors (Lipinski definition) is 4. The molecule has 3 rings (SSSR count). The molecule has 3 aromatic rings. The van der Waals surface area contributed by atoms with Crippen molar-refractivity contribution in [3.05, 3.63) is 70.7 Å². The fraction of sp³-hybridized carbons (Fsp3) is 0.211. The van der Waals surface area contributed by atoms with Crippen LogP contribution in [0.4, 0.5) is 0 Å². The van der Waals surface area contributed by atoms with E-state index in [4.69, 9.17) is 4.74 Å². The minimum Gasteiger partial charge on any atom is -0.496 e. The molecule has 0 unspecified atom stereocenters. The van der Waals surface area contributed by atoms with E-state index in [-0.39, 0.29) is 11.9 Å². The zero-order valence-electron chi connectivity index (χ0n) is 14.8. The van der Waals surface area contributed by atoms with E-state index in [0.29, 0.717) is 11.3 Å². The third-order valence-corrected chi connectivity index (χ3v) is 4.98. The summed E-state index contributed by atoms with van der Waals surface area (Å²) in [4.78, 5) is 18.5. The normalized spacial score (nSPS) is 11.8. The van der Waals surface area contributed by atoms with Crippen LogP contribution in [0.3, 0.4) is 0 Å². The molecule has 26 heavy (non-hydrogen) atoms. The van der Waals surface area contributed by atoms with Crippen LogP contribution in [0, 0.1) is 0 Å². The number of carbonyl (C=O) groups excluding carboxylic acids is 1. The molecule has 0 radical (unpaired) electrons. The quantitative estimate of drug-likeness (QED) is 0.635. The summed E-state index contributed by atoms with van der Waals surface area (Å²) in [6.07, 6.45) is 3.14. The lowest BCUT2D eigenvalue weighted by Crippen LogP contribution is -2.29. The van der Waals surface area contributed by atoms with E-state index in [2.05, 4.69) is 26.0 Å². The molecule has 0 bridgehead atoms. The number of methoxy groups -OCH3 is 1. The van der Waals surface area contributed by atoms with Crippen LogP contribution in [0.1, 0.15) is 28.9 Å². The van der Waals surface area contributed by atoms with Crippen molar-refractivity contribution in [3.8, 4) is 11.4 Å². The second-order valence-electron chi connectivity index (χ2n) is 5.87. The van der Waals surface area contributed by atoms with Gasteiger partial charge < -0.3 is 9.64 Å². The first-order valence-electron chi connectivity index (χ1n) is 8.07. The predicted molar refractivity (Wildman–Crippen MR) is 103 cm³/mol. The molecule has 7 heteroatoms. The van der Waals surface area contributed by atoms with E-state index >= 15 is 0 Å². The van der Waals surface area contributed by atoms with Gasteiger partial charge in [-0.25, -0.2) is 9.67 Å². The summed E-state index contributed by atoms with van der Waals surface area (Å²) in [5.41, 5.74) is 2.56. The highest BCUT2D eigenvalue weighted by Gasteiger charge is 2.20. The Labute approximate surface area is 160 Å². The Morgan fingerprint density at radius 1 is 1.23 bits per heavy atom. The molecular formula is C19H19BrN4O2. The molecule has 1 aromatic heterocycles. The minimum atomic E-state index is -0.0758. The monoisotopic (exact) mass is 414 g/mol. The summed E-state index contributed by atoms with van der Waals surface area (Å²) >= 11 is 3.42. The van der Waals surface area contributed by atoms with Gasteiger partial charge in [0.25, 0.3) is 5.91 Å². The summed E-state index contributed by atoms with van der Waals surface area (Å²) in [5, 5.41) is 4.11. The lowest BCUT2D eigenvalue weighted by Gasteiger charge is -2.26. The molecule has 0 saturated carbocycles. The Balaban J connectivity index is 1.77. The SMILES string of the molecule is COc1ccc(C(=O)N(C)[C@H](C)c2ccc(-n3cncn3)cc2)cc1Br. The number of carbonyl (C=O) groups is 1. The van der Waals surface area contributed by atoms with Gasteiger partial charge in [-0.05, 0) is 58.7 Å². The highest BCUT2D eigenvalue weighted by molar-refractivity contribution is 9.10. The van der Waals surface area contributed by atoms with Crippen molar-refractivity contribution in [2.45, 2.75) is 13.0 Å². The molecule has 0 aliphatic carbocycles. The second-order valence-corrected chi connectivity index (χ2v) is 6.73. The molecule has 2 aromatic carbocycles. The van der Waals surface area contributed by atoms with Crippen molar-refractivity contribution in [2.75, 3.05) is 14.2 Å². The Hall–Kier alpha value is -2.67. The molecule has 134 valence electrons. The van der Waals surface area contributed by atoms with Gasteiger partial charge >= 0.3 is 0 Å². The van der Waals surface area contributed by atoms with Gasteiger partial charge in [-0.3, -0.25) is 4.79 Å². The minimum absolute atomic E-state index is 0.0544. The van der Waals surface area contributed by atoms with Crippen LogP contribution in [-0.4, -0.2) is 39.7 Å². The van der Waals surface area contributed by atoms with E-state index in [9.17, 15) is 4.79 Å². The molecular weight excluding hydrogens is 396 g/mol. The van der Waals surface area contributed by atoms with Crippen molar-refractivity contribution < 1.29 is 9.53 Å². The molecule has 6 nitrogen and oxygen atoms in total. The van der Waals surface area contributed by atoms with E-state index in [0.717, 1.165) is 15.7 Å². The summed E-state index contributed by atoms with van der Waals surface area (Å²) < 4.78 is 7.66. The number of halogens is 1. The Morgan fingerprint density at radius 2 is 1.96 bits per heavy atom. The largest absolute Gasteiger partial charge is 0.496 e. The Kier molecular flexibility index (Phi) is 5.37. The first-order chi connectivity index (χ1) is 12.5. The summed E-state index contributed by atoms with van der Waals surface area (Å²) in [6, 6.07) is 13.2. The molecule has 1 heterocycles. The van der Waals surface area contributed by atoms with Gasteiger partial charge in [-0.1, -0.05) is 12.1 Å². The summed E-state index contributed by atoms with van der Waals surface area (Å²) in [6.45, 7) is 2.00. The average Bonchev–Trinajstić information content (AvgIpc) is 3.21. The third-order valence-electron chi connectivity index (χ3n) is 4.36. The molecule has 1 amide bonds. The van der Waals surface area contributed by atoms with Gasteiger partial charge in [0, 0.05) is 12.6 Å². The van der Waals surface area contributed by atoms with Gasteiger partial charge in [0.2, 0.25) is 0 Å². The number of rotatable bonds is 5. The number of nitrogens with zero attached hydrogens (tertiary/aromatic N) is 4. The topological polar surface area (TPSA) is 60.2 Å². The van der Waals surface area contributed by atoms with Crippen LogP contribution in [0.2, 0.25) is 0 Å².